The average molecular weight is 252 g/mol. The summed E-state index contributed by atoms with van der Waals surface area (Å²) in [5, 5.41) is 29.7. The molecular weight excluding hydrogens is 248 g/mol. The molecule has 0 unspecified atom stereocenters. The summed E-state index contributed by atoms with van der Waals surface area (Å²) >= 11 is 2.46. The van der Waals surface area contributed by atoms with Gasteiger partial charge in [0.15, 0.2) is 6.20 Å². The lowest BCUT2D eigenvalue weighted by atomic mass is 10.2. The van der Waals surface area contributed by atoms with Crippen LogP contribution in [0, 0.1) is 15.3 Å². The SMILES string of the molecule is O=[N+]([O-])c1scc2c1c[n+]([O-])c1cscc21. The van der Waals surface area contributed by atoms with E-state index in [4.69, 9.17) is 0 Å². The van der Waals surface area contributed by atoms with E-state index in [0.717, 1.165) is 22.1 Å². The maximum Gasteiger partial charge on any atom is 0.338 e. The highest BCUT2D eigenvalue weighted by Gasteiger charge is 2.21. The van der Waals surface area contributed by atoms with E-state index in [1.165, 1.54) is 17.5 Å². The second kappa shape index (κ2) is 3.13. The van der Waals surface area contributed by atoms with Crippen LogP contribution in [0.1, 0.15) is 0 Å². The molecule has 0 aromatic carbocycles. The Morgan fingerprint density at radius 1 is 1.19 bits per heavy atom. The number of rotatable bonds is 1. The van der Waals surface area contributed by atoms with Gasteiger partial charge >= 0.3 is 5.00 Å². The maximum atomic E-state index is 11.6. The number of thiophene rings is 2. The third-order valence-corrected chi connectivity index (χ3v) is 4.07. The molecule has 0 saturated carbocycles. The fourth-order valence-electron chi connectivity index (χ4n) is 1.68. The second-order valence-electron chi connectivity index (χ2n) is 3.25. The number of nitrogens with zero attached hydrogens (tertiary/aromatic N) is 2. The van der Waals surface area contributed by atoms with E-state index in [9.17, 15) is 15.3 Å². The van der Waals surface area contributed by atoms with Gasteiger partial charge in [0.05, 0.1) is 15.7 Å². The summed E-state index contributed by atoms with van der Waals surface area (Å²) in [5.74, 6) is 0. The van der Waals surface area contributed by atoms with E-state index in [2.05, 4.69) is 0 Å². The molecular formula is C9H4N2O3S2. The topological polar surface area (TPSA) is 70.1 Å². The summed E-state index contributed by atoms with van der Waals surface area (Å²) in [5.41, 5.74) is 0.560. The molecule has 0 amide bonds. The van der Waals surface area contributed by atoms with Crippen molar-refractivity contribution in [3.8, 4) is 0 Å². The monoisotopic (exact) mass is 252 g/mol. The molecule has 7 heteroatoms. The zero-order valence-electron chi connectivity index (χ0n) is 7.75. The van der Waals surface area contributed by atoms with Crippen LogP contribution in [-0.4, -0.2) is 4.92 Å². The third kappa shape index (κ3) is 1.12. The molecule has 16 heavy (non-hydrogen) atoms. The molecule has 80 valence electrons. The summed E-state index contributed by atoms with van der Waals surface area (Å²) in [6.07, 6.45) is 1.28. The summed E-state index contributed by atoms with van der Waals surface area (Å²) < 4.78 is 0.688. The first kappa shape index (κ1) is 9.49. The van der Waals surface area contributed by atoms with E-state index < -0.39 is 4.92 Å². The van der Waals surface area contributed by atoms with Crippen molar-refractivity contribution in [2.24, 2.45) is 0 Å². The standard InChI is InChI=1S/C9H4N2O3S2/c12-10-1-5-6(3-16-9(5)11(13)14)7-2-15-4-8(7)10/h1-4H. The minimum Gasteiger partial charge on any atom is -0.618 e. The Morgan fingerprint density at radius 3 is 2.75 bits per heavy atom. The third-order valence-electron chi connectivity index (χ3n) is 2.39. The zero-order valence-corrected chi connectivity index (χ0v) is 9.38. The molecule has 3 heterocycles. The fraction of sp³-hybridized carbons (Fsp3) is 0. The highest BCUT2D eigenvalue weighted by Crippen LogP contribution is 2.36. The molecule has 3 aromatic rings. The second-order valence-corrected chi connectivity index (χ2v) is 4.85. The Kier molecular flexibility index (Phi) is 1.86. The molecule has 0 spiro atoms. The molecule has 0 radical (unpaired) electrons. The van der Waals surface area contributed by atoms with E-state index in [1.807, 2.05) is 5.38 Å². The molecule has 0 aliphatic rings. The molecule has 0 aliphatic heterocycles. The normalized spacial score (nSPS) is 11.2. The van der Waals surface area contributed by atoms with E-state index in [0.29, 0.717) is 15.6 Å². The summed E-state index contributed by atoms with van der Waals surface area (Å²) in [6, 6.07) is 0. The van der Waals surface area contributed by atoms with Crippen LogP contribution >= 0.6 is 22.7 Å². The molecule has 0 aliphatic carbocycles. The van der Waals surface area contributed by atoms with Crippen LogP contribution in [-0.2, 0) is 0 Å². The van der Waals surface area contributed by atoms with Crippen molar-refractivity contribution >= 4 is 49.4 Å². The van der Waals surface area contributed by atoms with Gasteiger partial charge < -0.3 is 5.21 Å². The van der Waals surface area contributed by atoms with Gasteiger partial charge in [0.1, 0.15) is 5.39 Å². The molecule has 3 aromatic heterocycles. The van der Waals surface area contributed by atoms with Crippen molar-refractivity contribution in [3.05, 3.63) is 37.7 Å². The van der Waals surface area contributed by atoms with Crippen molar-refractivity contribution in [2.75, 3.05) is 0 Å². The lowest BCUT2D eigenvalue weighted by Crippen LogP contribution is -2.25. The van der Waals surface area contributed by atoms with Gasteiger partial charge in [-0.25, -0.2) is 0 Å². The van der Waals surface area contributed by atoms with Gasteiger partial charge in [-0.3, -0.25) is 10.1 Å². The fourth-order valence-corrected chi connectivity index (χ4v) is 3.35. The largest absolute Gasteiger partial charge is 0.618 e. The van der Waals surface area contributed by atoms with Gasteiger partial charge in [-0.1, -0.05) is 11.3 Å². The maximum absolute atomic E-state index is 11.6. The van der Waals surface area contributed by atoms with E-state index in [-0.39, 0.29) is 5.00 Å². The van der Waals surface area contributed by atoms with Crippen LogP contribution in [0.15, 0.2) is 22.3 Å². The number of nitro groups is 1. The van der Waals surface area contributed by atoms with Crippen molar-refractivity contribution in [3.63, 3.8) is 0 Å². The summed E-state index contributed by atoms with van der Waals surface area (Å²) in [4.78, 5) is 10.3. The molecule has 3 rings (SSSR count). The van der Waals surface area contributed by atoms with Crippen LogP contribution in [0.3, 0.4) is 0 Å². The van der Waals surface area contributed by atoms with Gasteiger partial charge in [0, 0.05) is 16.1 Å². The highest BCUT2D eigenvalue weighted by atomic mass is 32.1. The van der Waals surface area contributed by atoms with E-state index in [1.54, 1.807) is 10.8 Å². The zero-order chi connectivity index (χ0) is 11.3. The number of aromatic nitrogens is 1. The molecule has 0 bridgehead atoms. The average Bonchev–Trinajstić information content (AvgIpc) is 2.80. The first-order chi connectivity index (χ1) is 7.68. The first-order valence-corrected chi connectivity index (χ1v) is 6.14. The Balaban J connectivity index is 2.55. The number of hydrogen-bond acceptors (Lipinski definition) is 5. The van der Waals surface area contributed by atoms with Crippen LogP contribution < -0.4 is 4.73 Å². The molecule has 0 saturated heterocycles. The van der Waals surface area contributed by atoms with Gasteiger partial charge in [-0.05, 0) is 0 Å². The van der Waals surface area contributed by atoms with Crippen LogP contribution in [0.25, 0.3) is 21.7 Å². The predicted octanol–water partition coefficient (Wildman–Crippen LogP) is 2.66. The Hall–Kier alpha value is -1.73. The van der Waals surface area contributed by atoms with Crippen molar-refractivity contribution in [1.82, 2.24) is 0 Å². The predicted molar refractivity (Wildman–Crippen MR) is 62.8 cm³/mol. The van der Waals surface area contributed by atoms with E-state index >= 15 is 0 Å². The van der Waals surface area contributed by atoms with Crippen molar-refractivity contribution in [1.29, 1.82) is 0 Å². The quantitative estimate of drug-likeness (QED) is 0.289. The molecule has 5 nitrogen and oxygen atoms in total. The lowest BCUT2D eigenvalue weighted by Gasteiger charge is -1.97. The summed E-state index contributed by atoms with van der Waals surface area (Å²) in [7, 11) is 0. The van der Waals surface area contributed by atoms with Crippen LogP contribution in [0.4, 0.5) is 5.00 Å². The van der Waals surface area contributed by atoms with Crippen molar-refractivity contribution in [2.45, 2.75) is 0 Å². The molecule has 0 N–H and O–H groups in total. The smallest absolute Gasteiger partial charge is 0.338 e. The number of fused-ring (bicyclic) bond motifs is 3. The minimum absolute atomic E-state index is 0.0210. The molecule has 0 atom stereocenters. The Morgan fingerprint density at radius 2 is 2.00 bits per heavy atom. The lowest BCUT2D eigenvalue weighted by molar-refractivity contribution is -0.575. The Bertz CT molecular complexity index is 716. The highest BCUT2D eigenvalue weighted by molar-refractivity contribution is 7.15. The first-order valence-electron chi connectivity index (χ1n) is 4.32. The van der Waals surface area contributed by atoms with Crippen LogP contribution in [0.2, 0.25) is 0 Å². The minimum atomic E-state index is -0.453. The van der Waals surface area contributed by atoms with Gasteiger partial charge in [0.2, 0.25) is 5.52 Å². The summed E-state index contributed by atoms with van der Waals surface area (Å²) in [6.45, 7) is 0. The van der Waals surface area contributed by atoms with Gasteiger partial charge in [-0.2, -0.15) is 4.73 Å². The number of hydrogen-bond donors (Lipinski definition) is 0. The van der Waals surface area contributed by atoms with Gasteiger partial charge in [0.25, 0.3) is 0 Å². The molecule has 0 fully saturated rings. The van der Waals surface area contributed by atoms with Gasteiger partial charge in [-0.15, -0.1) is 11.3 Å². The van der Waals surface area contributed by atoms with Crippen molar-refractivity contribution < 1.29 is 9.65 Å². The Labute approximate surface area is 96.9 Å². The van der Waals surface area contributed by atoms with Crippen LogP contribution in [0.5, 0.6) is 0 Å². The number of pyridine rings is 1.